The van der Waals surface area contributed by atoms with E-state index in [1.54, 1.807) is 0 Å². The summed E-state index contributed by atoms with van der Waals surface area (Å²) in [6.45, 7) is 1.79. The number of hydrogen-bond acceptors (Lipinski definition) is 2. The molecule has 3 aliphatic rings. The van der Waals surface area contributed by atoms with E-state index in [0.717, 1.165) is 44.7 Å². The van der Waals surface area contributed by atoms with Crippen LogP contribution in [0, 0.1) is 5.92 Å². The zero-order valence-corrected chi connectivity index (χ0v) is 15.6. The molecule has 2 amide bonds. The Morgan fingerprint density at radius 2 is 1.80 bits per heavy atom. The average Bonchev–Trinajstić information content (AvgIpc) is 2.88. The molecule has 0 atom stereocenters. The number of nitrogens with zero attached hydrogens (tertiary/aromatic N) is 2. The molecule has 4 nitrogen and oxygen atoms in total. The number of benzene rings is 1. The Morgan fingerprint density at radius 3 is 2.36 bits per heavy atom. The van der Waals surface area contributed by atoms with Crippen molar-refractivity contribution in [3.8, 4) is 0 Å². The molecule has 1 aromatic rings. The van der Waals surface area contributed by atoms with Gasteiger partial charge >= 0.3 is 6.03 Å². The number of urea groups is 1. The first-order chi connectivity index (χ1) is 12.1. The maximum Gasteiger partial charge on any atom is 0.318 e. The number of rotatable bonds is 4. The van der Waals surface area contributed by atoms with Crippen LogP contribution in [0.1, 0.15) is 50.5 Å². The Labute approximate surface area is 151 Å². The van der Waals surface area contributed by atoms with Crippen molar-refractivity contribution in [1.82, 2.24) is 15.1 Å². The van der Waals surface area contributed by atoms with Crippen molar-refractivity contribution in [3.63, 3.8) is 0 Å². The lowest BCUT2D eigenvalue weighted by molar-refractivity contribution is 0.0170. The van der Waals surface area contributed by atoms with Crippen LogP contribution in [0.4, 0.5) is 4.79 Å². The fourth-order valence-electron chi connectivity index (χ4n) is 5.17. The number of amides is 2. The number of nitrogens with one attached hydrogen (secondary N) is 1. The van der Waals surface area contributed by atoms with Crippen molar-refractivity contribution < 1.29 is 4.79 Å². The van der Waals surface area contributed by atoms with E-state index in [4.69, 9.17) is 0 Å². The summed E-state index contributed by atoms with van der Waals surface area (Å²) in [7, 11) is 4.41. The minimum atomic E-state index is 0.0426. The summed E-state index contributed by atoms with van der Waals surface area (Å²) in [6, 6.07) is 11.1. The van der Waals surface area contributed by atoms with Crippen LogP contribution >= 0.6 is 0 Å². The molecule has 4 rings (SSSR count). The van der Waals surface area contributed by atoms with Crippen LogP contribution in [0.5, 0.6) is 0 Å². The Bertz CT molecular complexity index is 615. The standard InChI is InChI=1S/C21H31N3O/c1-23(2)21(18-9-4-3-5-10-18)13-11-20(12-14-21)16-22-19(25)24(20)15-17-7-6-8-17/h3-5,9-10,17H,6-8,11-16H2,1-2H3,(H,22,25). The Kier molecular flexibility index (Phi) is 4.27. The zero-order valence-electron chi connectivity index (χ0n) is 15.6. The molecule has 0 aromatic heterocycles. The number of hydrogen-bond donors (Lipinski definition) is 1. The third-order valence-electron chi connectivity index (χ3n) is 7.23. The maximum atomic E-state index is 12.5. The quantitative estimate of drug-likeness (QED) is 0.908. The highest BCUT2D eigenvalue weighted by molar-refractivity contribution is 5.78. The molecule has 2 saturated carbocycles. The van der Waals surface area contributed by atoms with E-state index < -0.39 is 0 Å². The van der Waals surface area contributed by atoms with Crippen LogP contribution in [0.15, 0.2) is 30.3 Å². The summed E-state index contributed by atoms with van der Waals surface area (Å²) in [5.41, 5.74) is 1.55. The summed E-state index contributed by atoms with van der Waals surface area (Å²) in [4.78, 5) is 17.1. The Morgan fingerprint density at radius 1 is 1.12 bits per heavy atom. The van der Waals surface area contributed by atoms with Gasteiger partial charge in [0.2, 0.25) is 0 Å². The molecule has 1 saturated heterocycles. The van der Waals surface area contributed by atoms with E-state index in [-0.39, 0.29) is 17.1 Å². The van der Waals surface area contributed by atoms with Gasteiger partial charge in [-0.15, -0.1) is 0 Å². The second-order valence-electron chi connectivity index (χ2n) is 8.58. The van der Waals surface area contributed by atoms with E-state index in [9.17, 15) is 4.79 Å². The van der Waals surface area contributed by atoms with Crippen molar-refractivity contribution in [1.29, 1.82) is 0 Å². The van der Waals surface area contributed by atoms with Gasteiger partial charge in [-0.1, -0.05) is 36.8 Å². The molecular formula is C21H31N3O. The molecule has 1 aliphatic heterocycles. The first-order valence-electron chi connectivity index (χ1n) is 9.84. The second-order valence-corrected chi connectivity index (χ2v) is 8.58. The Hall–Kier alpha value is -1.55. The summed E-state index contributed by atoms with van der Waals surface area (Å²) >= 11 is 0. The molecular weight excluding hydrogens is 310 g/mol. The topological polar surface area (TPSA) is 35.6 Å². The molecule has 1 N–H and O–H groups in total. The lowest BCUT2D eigenvalue weighted by atomic mass is 9.68. The lowest BCUT2D eigenvalue weighted by Gasteiger charge is -2.51. The smallest absolute Gasteiger partial charge is 0.318 e. The van der Waals surface area contributed by atoms with Crippen molar-refractivity contribution in [2.75, 3.05) is 27.2 Å². The molecule has 1 aromatic carbocycles. The van der Waals surface area contributed by atoms with Gasteiger partial charge in [0.25, 0.3) is 0 Å². The third kappa shape index (κ3) is 2.75. The van der Waals surface area contributed by atoms with Crippen molar-refractivity contribution >= 4 is 6.03 Å². The number of carbonyl (C=O) groups excluding carboxylic acids is 1. The van der Waals surface area contributed by atoms with Crippen LogP contribution in [-0.4, -0.2) is 48.6 Å². The first kappa shape index (κ1) is 16.9. The van der Waals surface area contributed by atoms with Crippen LogP contribution in [-0.2, 0) is 5.54 Å². The van der Waals surface area contributed by atoms with Gasteiger partial charge in [-0.05, 0) is 64.1 Å². The van der Waals surface area contributed by atoms with Crippen LogP contribution < -0.4 is 5.32 Å². The van der Waals surface area contributed by atoms with Gasteiger partial charge in [0.05, 0.1) is 5.54 Å². The van der Waals surface area contributed by atoms with E-state index >= 15 is 0 Å². The van der Waals surface area contributed by atoms with Gasteiger partial charge in [0.15, 0.2) is 0 Å². The second kappa shape index (κ2) is 6.31. The zero-order chi connectivity index (χ0) is 17.5. The maximum absolute atomic E-state index is 12.5. The molecule has 136 valence electrons. The van der Waals surface area contributed by atoms with Gasteiger partial charge in [0, 0.05) is 18.6 Å². The van der Waals surface area contributed by atoms with Crippen LogP contribution in [0.2, 0.25) is 0 Å². The van der Waals surface area contributed by atoms with Gasteiger partial charge in [-0.2, -0.15) is 0 Å². The normalized spacial score (nSPS) is 32.9. The molecule has 0 bridgehead atoms. The molecule has 0 radical (unpaired) electrons. The summed E-state index contributed by atoms with van der Waals surface area (Å²) in [5.74, 6) is 0.732. The molecule has 4 heteroatoms. The molecule has 1 heterocycles. The summed E-state index contributed by atoms with van der Waals surface area (Å²) in [5, 5.41) is 3.15. The van der Waals surface area contributed by atoms with E-state index in [0.29, 0.717) is 0 Å². The monoisotopic (exact) mass is 341 g/mol. The Balaban J connectivity index is 1.55. The van der Waals surface area contributed by atoms with Crippen LogP contribution in [0.25, 0.3) is 0 Å². The van der Waals surface area contributed by atoms with Gasteiger partial charge < -0.3 is 10.2 Å². The van der Waals surface area contributed by atoms with Gasteiger partial charge in [-0.3, -0.25) is 4.90 Å². The summed E-state index contributed by atoms with van der Waals surface area (Å²) < 4.78 is 0. The molecule has 0 unspecified atom stereocenters. The largest absolute Gasteiger partial charge is 0.336 e. The van der Waals surface area contributed by atoms with Crippen molar-refractivity contribution in [2.45, 2.75) is 56.0 Å². The highest BCUT2D eigenvalue weighted by Gasteiger charge is 2.52. The number of carbonyl (C=O) groups is 1. The fourth-order valence-corrected chi connectivity index (χ4v) is 5.17. The van der Waals surface area contributed by atoms with Gasteiger partial charge in [-0.25, -0.2) is 4.79 Å². The van der Waals surface area contributed by atoms with Crippen LogP contribution in [0.3, 0.4) is 0 Å². The molecule has 25 heavy (non-hydrogen) atoms. The highest BCUT2D eigenvalue weighted by Crippen LogP contribution is 2.48. The third-order valence-corrected chi connectivity index (χ3v) is 7.23. The SMILES string of the molecule is CN(C)C1(c2ccccc2)CCC2(CC1)CNC(=O)N2CC1CCC1. The molecule has 1 spiro atoms. The van der Waals surface area contributed by atoms with Crippen molar-refractivity contribution in [2.24, 2.45) is 5.92 Å². The van der Waals surface area contributed by atoms with Gasteiger partial charge in [0.1, 0.15) is 0 Å². The van der Waals surface area contributed by atoms with E-state index in [2.05, 4.69) is 59.5 Å². The predicted octanol–water partition coefficient (Wildman–Crippen LogP) is 3.58. The van der Waals surface area contributed by atoms with E-state index in [1.165, 1.54) is 24.8 Å². The van der Waals surface area contributed by atoms with Crippen molar-refractivity contribution in [3.05, 3.63) is 35.9 Å². The average molecular weight is 341 g/mol. The molecule has 3 fully saturated rings. The first-order valence-corrected chi connectivity index (χ1v) is 9.84. The predicted molar refractivity (Wildman–Crippen MR) is 100 cm³/mol. The summed E-state index contributed by atoms with van der Waals surface area (Å²) in [6.07, 6.45) is 8.33. The minimum Gasteiger partial charge on any atom is -0.336 e. The lowest BCUT2D eigenvalue weighted by Crippen LogP contribution is -2.56. The van der Waals surface area contributed by atoms with E-state index in [1.807, 2.05) is 0 Å². The fraction of sp³-hybridized carbons (Fsp3) is 0.667. The highest BCUT2D eigenvalue weighted by atomic mass is 16.2. The minimum absolute atomic E-state index is 0.0426. The molecule has 2 aliphatic carbocycles.